The molecular weight excluding hydrogens is 1740 g/mol. The second-order valence-corrected chi connectivity index (χ2v) is 34.4. The van der Waals surface area contributed by atoms with E-state index >= 15 is 0 Å². The first-order chi connectivity index (χ1) is 45.4. The first-order valence-corrected chi connectivity index (χ1v) is 40.3. The number of nitrogens with one attached hydrogen (secondary N) is 2. The molecule has 3 radical (unpaired) electrons. The van der Waals surface area contributed by atoms with Crippen molar-refractivity contribution < 1.29 is 104 Å². The molecular formula is C67H69BBr4Cl4CuF4N6NaO8P3. The number of carbonyl (C=O) groups is 2. The maximum atomic E-state index is 13.0. The molecule has 10 rings (SSSR count). The molecule has 32 heteroatoms. The minimum atomic E-state index is -4.78. The van der Waals surface area contributed by atoms with E-state index in [2.05, 4.69) is 181 Å². The molecule has 0 saturated carbocycles. The number of nitrogens with zero attached hydrogens (tertiary/aromatic N) is 3. The number of carbonyl (C=O) groups excluding carboxylic acids is 2. The van der Waals surface area contributed by atoms with Gasteiger partial charge in [0.1, 0.15) is 23.3 Å². The minimum absolute atomic E-state index is 0. The number of fused-ring (bicyclic) bond motifs is 2. The van der Waals surface area contributed by atoms with Crippen LogP contribution in [0.15, 0.2) is 205 Å². The number of amides is 1. The van der Waals surface area contributed by atoms with Crippen LogP contribution in [-0.4, -0.2) is 85.8 Å². The summed E-state index contributed by atoms with van der Waals surface area (Å²) in [5, 5.41) is 8.76. The molecule has 8 aromatic carbocycles. The van der Waals surface area contributed by atoms with Crippen LogP contribution in [0.5, 0.6) is 0 Å². The Morgan fingerprint density at radius 1 is 0.687 bits per heavy atom. The Morgan fingerprint density at radius 2 is 1.10 bits per heavy atom. The van der Waals surface area contributed by atoms with Crippen molar-refractivity contribution in [1.29, 1.82) is 5.26 Å². The standard InChI is InChI=1S/C15H13BrFNO.C15H13BrFN.C15H11BrFN.C8H10BrN.C7H4ClFO.C6H15N.CN.B.Cl3OP.Cu.Na.H2O5P2.H/c16-13-3-1-2-11(10-13)8-9-18-15(19)12-4-6-14(17)7-5-12;2*16-12-3-6-14-11(9-12)7-8-18-15(14)10-1-4-13(17)5-2-10;9-8-3-1-2-7(6-8)4-5-10;8-7(10)5-1-3-6(9)4-2-5;1-4-7(5-2)6-3;1-2;;1-5(2,3)4;;;1-6(2)7(3,4)5;/h1-7,10H,8-9H2,(H,18,19);1-6,9,15,18H,7-8H2;1-6,9H,7-8H2;1-3,6H,4-5,10H2;1-4H;4-6H2,1-3H3;;;;;;(H2,3,4,5);/q;;;;;;-1;;;2*+1;;-1. The van der Waals surface area contributed by atoms with Crippen molar-refractivity contribution in [3.05, 3.63) is 285 Å². The minimum Gasteiger partial charge on any atom is -1.00 e. The van der Waals surface area contributed by atoms with E-state index in [0.29, 0.717) is 17.7 Å². The van der Waals surface area contributed by atoms with Gasteiger partial charge in [-0.25, -0.2) is 22.1 Å². The first-order valence-electron chi connectivity index (χ1n) is 28.8. The van der Waals surface area contributed by atoms with Crippen LogP contribution in [0.25, 0.3) is 0 Å². The zero-order valence-electron chi connectivity index (χ0n) is 54.7. The zero-order chi connectivity index (χ0) is 72.0. The summed E-state index contributed by atoms with van der Waals surface area (Å²) in [5.74, 6) is -1.31. The van der Waals surface area contributed by atoms with Crippen molar-refractivity contribution in [3.63, 3.8) is 0 Å². The molecule has 2 aliphatic rings. The molecule has 2 unspecified atom stereocenters. The molecule has 529 valence electrons. The molecule has 2 aliphatic heterocycles. The molecule has 0 bridgehead atoms. The van der Waals surface area contributed by atoms with Crippen molar-refractivity contribution in [3.8, 4) is 0 Å². The Balaban J connectivity index is -0.00000110. The quantitative estimate of drug-likeness (QED) is 0.0238. The zero-order valence-corrected chi connectivity index (χ0v) is 68.7. The number of hydrogen-bond acceptors (Lipinski definition) is 11. The Labute approximate surface area is 666 Å². The summed E-state index contributed by atoms with van der Waals surface area (Å²) >= 11 is 32.7. The van der Waals surface area contributed by atoms with Gasteiger partial charge in [-0.1, -0.05) is 138 Å². The second kappa shape index (κ2) is 53.5. The molecule has 0 fully saturated rings. The molecule has 6 N–H and O–H groups in total. The van der Waals surface area contributed by atoms with Crippen molar-refractivity contribution in [1.82, 2.24) is 15.5 Å². The normalized spacial score (nSPS) is 12.1. The summed E-state index contributed by atoms with van der Waals surface area (Å²) in [7, 11) is -8.36. The van der Waals surface area contributed by atoms with Gasteiger partial charge in [0.05, 0.1) is 11.8 Å². The largest absolute Gasteiger partial charge is 1.00 e. The summed E-state index contributed by atoms with van der Waals surface area (Å²) in [6, 6.07) is 52.7. The Kier molecular flexibility index (Phi) is 52.9. The number of benzene rings is 8. The number of rotatable bonds is 13. The summed E-state index contributed by atoms with van der Waals surface area (Å²) in [6.45, 7) is 17.9. The third-order valence-corrected chi connectivity index (χ3v) is 17.0. The summed E-state index contributed by atoms with van der Waals surface area (Å²) < 4.78 is 83.4. The van der Waals surface area contributed by atoms with Crippen LogP contribution >= 0.6 is 129 Å². The van der Waals surface area contributed by atoms with Crippen LogP contribution in [-0.2, 0) is 56.4 Å². The van der Waals surface area contributed by atoms with E-state index in [9.17, 15) is 45.7 Å². The van der Waals surface area contributed by atoms with Gasteiger partial charge < -0.3 is 39.4 Å². The van der Waals surface area contributed by atoms with E-state index in [0.717, 1.165) is 91.2 Å². The molecule has 99 heavy (non-hydrogen) atoms. The molecule has 0 aromatic heterocycles. The molecule has 0 aliphatic carbocycles. The molecule has 1 amide bonds. The van der Waals surface area contributed by atoms with E-state index in [4.69, 9.17) is 39.0 Å². The van der Waals surface area contributed by atoms with Crippen LogP contribution in [0, 0.1) is 35.1 Å². The molecule has 2 atom stereocenters. The van der Waals surface area contributed by atoms with E-state index in [-0.39, 0.29) is 91.7 Å². The van der Waals surface area contributed by atoms with Gasteiger partial charge in [0.25, 0.3) is 11.1 Å². The molecule has 0 spiro atoms. The van der Waals surface area contributed by atoms with Crippen LogP contribution in [0.3, 0.4) is 0 Å². The fourth-order valence-electron chi connectivity index (χ4n) is 8.54. The van der Waals surface area contributed by atoms with E-state index in [1.165, 1.54) is 115 Å². The van der Waals surface area contributed by atoms with Crippen LogP contribution in [0.2, 0.25) is 0 Å². The van der Waals surface area contributed by atoms with Crippen LogP contribution < -0.4 is 50.8 Å². The summed E-state index contributed by atoms with van der Waals surface area (Å²) in [6.07, 6.45) is 3.71. The third kappa shape index (κ3) is 41.7. The van der Waals surface area contributed by atoms with Crippen molar-refractivity contribution in [2.75, 3.05) is 45.8 Å². The Morgan fingerprint density at radius 3 is 1.53 bits per heavy atom. The predicted octanol–water partition coefficient (Wildman–Crippen LogP) is 15.7. The summed E-state index contributed by atoms with van der Waals surface area (Å²) in [4.78, 5) is 53.6. The van der Waals surface area contributed by atoms with Crippen molar-refractivity contribution in [2.45, 2.75) is 52.5 Å². The second-order valence-electron chi connectivity index (χ2n) is 19.7. The van der Waals surface area contributed by atoms with Gasteiger partial charge in [-0.05, 0) is 264 Å². The van der Waals surface area contributed by atoms with Crippen molar-refractivity contribution >= 4 is 155 Å². The van der Waals surface area contributed by atoms with E-state index in [1.807, 2.05) is 54.6 Å². The van der Waals surface area contributed by atoms with Gasteiger partial charge in [-0.15, -0.1) is 0 Å². The van der Waals surface area contributed by atoms with E-state index < -0.39 is 25.4 Å². The predicted molar refractivity (Wildman–Crippen MR) is 399 cm³/mol. The van der Waals surface area contributed by atoms with Gasteiger partial charge in [0, 0.05) is 68.2 Å². The Bertz CT molecular complexity index is 3870. The SMILES string of the molecule is CCN(CC)CC.Fc1ccc(C2=NCCc3cc(Br)ccc32)cc1.Fc1ccc(C2NCCc3cc(Br)ccc32)cc1.NCCc1cccc(Br)c1.O=C(Cl)c1ccc(F)cc1.O=C(NCCc1cccc(Br)c1)c1ccc(F)cc1.O=P(Cl)(Cl)Cl.O=[P+]([O-])P(=O)(O)O.[B].[C-]#N.[Cu+].[H-].[Na+]. The number of aliphatic imine (C=N–C) groups is 1. The topological polar surface area (TPSA) is 238 Å². The van der Waals surface area contributed by atoms with Gasteiger partial charge in [0.15, 0.2) is 0 Å². The molecule has 14 nitrogen and oxygen atoms in total. The molecule has 8 aromatic rings. The first kappa shape index (κ1) is 97.8. The third-order valence-electron chi connectivity index (χ3n) is 13.1. The average molecular weight is 1810 g/mol. The van der Waals surface area contributed by atoms with E-state index in [1.54, 1.807) is 12.1 Å². The smallest absolute Gasteiger partial charge is 1.00 e. The van der Waals surface area contributed by atoms with Gasteiger partial charge in [-0.2, -0.15) is 0 Å². The van der Waals surface area contributed by atoms with Crippen LogP contribution in [0.1, 0.15) is 93.5 Å². The number of hydrogen-bond donors (Lipinski definition) is 5. The average Bonchev–Trinajstić information content (AvgIpc) is 0.807. The van der Waals surface area contributed by atoms with Crippen LogP contribution in [0.4, 0.5) is 17.6 Å². The number of nitrogens with two attached hydrogens (primary N) is 1. The fraction of sp³-hybridized carbons (Fsp3) is 0.224. The molecule has 0 saturated heterocycles. The number of halogens is 12. The maximum Gasteiger partial charge on any atom is 1.00 e. The molecule has 2 heterocycles. The van der Waals surface area contributed by atoms with Gasteiger partial charge >= 0.3 is 66.8 Å². The maximum absolute atomic E-state index is 13.0. The fourth-order valence-corrected chi connectivity index (χ4v) is 10.4. The van der Waals surface area contributed by atoms with Crippen molar-refractivity contribution in [2.24, 2.45) is 10.7 Å². The Hall–Kier alpha value is -3.24. The van der Waals surface area contributed by atoms with Gasteiger partial charge in [0.2, 0.25) is 0 Å². The van der Waals surface area contributed by atoms with Gasteiger partial charge in [-0.3, -0.25) is 28.9 Å². The summed E-state index contributed by atoms with van der Waals surface area (Å²) in [5.41, 5.74) is 16.7. The monoisotopic (exact) mass is 1810 g/mol.